The molecular formula is C31H33F3N6O3. The minimum absolute atomic E-state index is 0.0494. The van der Waals surface area contributed by atoms with Crippen LogP contribution in [0.25, 0.3) is 11.0 Å². The number of anilines is 1. The Balaban J connectivity index is 1.18. The molecular weight excluding hydrogens is 561 g/mol. The average molecular weight is 595 g/mol. The molecule has 1 aromatic carbocycles. The molecule has 0 unspecified atom stereocenters. The number of amides is 2. The van der Waals surface area contributed by atoms with Crippen LogP contribution in [0, 0.1) is 6.92 Å². The molecule has 43 heavy (non-hydrogen) atoms. The zero-order valence-electron chi connectivity index (χ0n) is 24.2. The van der Waals surface area contributed by atoms with Gasteiger partial charge in [0.15, 0.2) is 0 Å². The lowest BCUT2D eigenvalue weighted by molar-refractivity contribution is -0.139. The van der Waals surface area contributed by atoms with E-state index in [1.54, 1.807) is 17.2 Å². The Bertz CT molecular complexity index is 1650. The number of halogens is 3. The average Bonchev–Trinajstić information content (AvgIpc) is 3.36. The summed E-state index contributed by atoms with van der Waals surface area (Å²) in [5.74, 6) is 0.802. The van der Waals surface area contributed by atoms with Crippen LogP contribution in [0.5, 0.6) is 17.4 Å². The number of ether oxygens (including phenoxy) is 2. The van der Waals surface area contributed by atoms with Crippen molar-refractivity contribution in [3.05, 3.63) is 71.2 Å². The number of carbonyl (C=O) groups excluding carboxylic acids is 1. The molecule has 1 fully saturated rings. The van der Waals surface area contributed by atoms with Crippen LogP contribution in [0.1, 0.15) is 48.2 Å². The number of H-pyrrole nitrogens is 1. The maximum atomic E-state index is 14.0. The van der Waals surface area contributed by atoms with Crippen LogP contribution in [-0.2, 0) is 12.6 Å². The standard InChI is InChI=1S/C31H33F3N6O3/c1-18-14-25-27(6-10-35-28(25)37-18)42-23-5-4-20-7-13-40(19(2)24(20)16-23)30(41)38-21-15-26(31(32,33)34)29(36-17-21)43-22-8-11-39(3)12-9-22/h4-6,10,14-17,19,22H,7-9,11-13H2,1-3H3,(H,35,37)(H,38,41)/t19-/m0/s1. The molecule has 1 atom stereocenters. The summed E-state index contributed by atoms with van der Waals surface area (Å²) in [6, 6.07) is 9.59. The number of urea groups is 1. The smallest absolute Gasteiger partial charge is 0.421 e. The highest BCUT2D eigenvalue weighted by Gasteiger charge is 2.37. The third kappa shape index (κ3) is 6.10. The summed E-state index contributed by atoms with van der Waals surface area (Å²) >= 11 is 0. The zero-order valence-corrected chi connectivity index (χ0v) is 24.2. The van der Waals surface area contributed by atoms with Crippen LogP contribution < -0.4 is 14.8 Å². The Hall–Kier alpha value is -4.32. The van der Waals surface area contributed by atoms with Crippen molar-refractivity contribution in [3.8, 4) is 17.4 Å². The maximum Gasteiger partial charge on any atom is 0.421 e. The Morgan fingerprint density at radius 3 is 2.65 bits per heavy atom. The number of hydrogen-bond donors (Lipinski definition) is 2. The van der Waals surface area contributed by atoms with Gasteiger partial charge in [-0.05, 0) is 81.6 Å². The van der Waals surface area contributed by atoms with E-state index in [2.05, 4.69) is 25.2 Å². The van der Waals surface area contributed by atoms with Gasteiger partial charge in [0.25, 0.3) is 0 Å². The summed E-state index contributed by atoms with van der Waals surface area (Å²) in [5, 5.41) is 3.48. The van der Waals surface area contributed by atoms with Crippen LogP contribution in [0.2, 0.25) is 0 Å². The van der Waals surface area contributed by atoms with E-state index in [4.69, 9.17) is 9.47 Å². The van der Waals surface area contributed by atoms with Gasteiger partial charge in [0, 0.05) is 31.5 Å². The molecule has 1 saturated heterocycles. The summed E-state index contributed by atoms with van der Waals surface area (Å²) in [5.41, 5.74) is 2.63. The number of fused-ring (bicyclic) bond motifs is 2. The molecule has 6 rings (SSSR count). The topological polar surface area (TPSA) is 95.6 Å². The lowest BCUT2D eigenvalue weighted by Gasteiger charge is -2.35. The molecule has 12 heteroatoms. The Labute approximate surface area is 247 Å². The number of nitrogens with one attached hydrogen (secondary N) is 2. The second-order valence-corrected chi connectivity index (χ2v) is 11.2. The lowest BCUT2D eigenvalue weighted by atomic mass is 9.93. The van der Waals surface area contributed by atoms with E-state index >= 15 is 0 Å². The van der Waals surface area contributed by atoms with Gasteiger partial charge in [0.2, 0.25) is 5.88 Å². The van der Waals surface area contributed by atoms with Gasteiger partial charge >= 0.3 is 12.2 Å². The van der Waals surface area contributed by atoms with Crippen molar-refractivity contribution in [3.63, 3.8) is 0 Å². The van der Waals surface area contributed by atoms with E-state index in [0.29, 0.717) is 37.3 Å². The van der Waals surface area contributed by atoms with Crippen LogP contribution in [-0.4, -0.2) is 63.6 Å². The van der Waals surface area contributed by atoms with Gasteiger partial charge in [-0.3, -0.25) is 0 Å². The molecule has 3 aromatic heterocycles. The van der Waals surface area contributed by atoms with E-state index in [9.17, 15) is 18.0 Å². The fourth-order valence-electron chi connectivity index (χ4n) is 5.76. The third-order valence-electron chi connectivity index (χ3n) is 8.12. The van der Waals surface area contributed by atoms with Gasteiger partial charge < -0.3 is 29.6 Å². The van der Waals surface area contributed by atoms with Gasteiger partial charge in [-0.2, -0.15) is 13.2 Å². The molecule has 0 spiro atoms. The molecule has 226 valence electrons. The summed E-state index contributed by atoms with van der Waals surface area (Å²) in [4.78, 5) is 28.5. The van der Waals surface area contributed by atoms with Crippen molar-refractivity contribution in [2.24, 2.45) is 0 Å². The van der Waals surface area contributed by atoms with Gasteiger partial charge in [-0.25, -0.2) is 14.8 Å². The first kappa shape index (κ1) is 28.8. The number of nitrogens with zero attached hydrogens (tertiary/aromatic N) is 4. The minimum Gasteiger partial charge on any atom is -0.474 e. The fourth-order valence-corrected chi connectivity index (χ4v) is 5.76. The number of piperidine rings is 1. The molecule has 5 heterocycles. The molecule has 0 saturated carbocycles. The van der Waals surface area contributed by atoms with Crippen molar-refractivity contribution in [2.45, 2.75) is 51.4 Å². The van der Waals surface area contributed by atoms with E-state index < -0.39 is 23.7 Å². The Morgan fingerprint density at radius 1 is 1.09 bits per heavy atom. The number of aromatic amines is 1. The fraction of sp³-hybridized carbons (Fsp3) is 0.387. The van der Waals surface area contributed by atoms with Crippen LogP contribution in [0.15, 0.2) is 48.8 Å². The number of aryl methyl sites for hydroxylation is 1. The highest BCUT2D eigenvalue weighted by atomic mass is 19.4. The first-order valence-corrected chi connectivity index (χ1v) is 14.3. The van der Waals surface area contributed by atoms with Gasteiger partial charge in [-0.15, -0.1) is 0 Å². The molecule has 2 aliphatic heterocycles. The van der Waals surface area contributed by atoms with Crippen LogP contribution in [0.4, 0.5) is 23.7 Å². The lowest BCUT2D eigenvalue weighted by Crippen LogP contribution is -2.41. The predicted molar refractivity (Wildman–Crippen MR) is 156 cm³/mol. The summed E-state index contributed by atoms with van der Waals surface area (Å²) in [7, 11) is 1.96. The van der Waals surface area contributed by atoms with Crippen LogP contribution >= 0.6 is 0 Å². The molecule has 0 bridgehead atoms. The number of likely N-dealkylation sites (tertiary alicyclic amines) is 1. The number of alkyl halides is 3. The number of benzene rings is 1. The number of aromatic nitrogens is 3. The second kappa shape index (κ2) is 11.4. The van der Waals surface area contributed by atoms with Crippen molar-refractivity contribution < 1.29 is 27.4 Å². The molecule has 2 N–H and O–H groups in total. The van der Waals surface area contributed by atoms with Crippen molar-refractivity contribution >= 4 is 22.8 Å². The predicted octanol–water partition coefficient (Wildman–Crippen LogP) is 6.70. The molecule has 2 amide bonds. The van der Waals surface area contributed by atoms with Crippen LogP contribution in [0.3, 0.4) is 0 Å². The highest BCUT2D eigenvalue weighted by Crippen LogP contribution is 2.39. The molecule has 2 aliphatic rings. The molecule has 0 radical (unpaired) electrons. The highest BCUT2D eigenvalue weighted by molar-refractivity contribution is 5.90. The van der Waals surface area contributed by atoms with Gasteiger partial charge in [0.1, 0.15) is 28.8 Å². The largest absolute Gasteiger partial charge is 0.474 e. The van der Waals surface area contributed by atoms with Crippen molar-refractivity contribution in [2.75, 3.05) is 32.0 Å². The second-order valence-electron chi connectivity index (χ2n) is 11.2. The van der Waals surface area contributed by atoms with Crippen molar-refractivity contribution in [1.29, 1.82) is 0 Å². The normalized spacial score (nSPS) is 18.0. The summed E-state index contributed by atoms with van der Waals surface area (Å²) in [6.07, 6.45) is -0.315. The van der Waals surface area contributed by atoms with E-state index in [1.807, 2.05) is 45.2 Å². The summed E-state index contributed by atoms with van der Waals surface area (Å²) < 4.78 is 53.8. The first-order chi connectivity index (χ1) is 20.5. The van der Waals surface area contributed by atoms with E-state index in [1.165, 1.54) is 6.20 Å². The third-order valence-corrected chi connectivity index (χ3v) is 8.12. The number of carbonyl (C=O) groups is 1. The van der Waals surface area contributed by atoms with Crippen molar-refractivity contribution in [1.82, 2.24) is 24.8 Å². The number of pyridine rings is 2. The monoisotopic (exact) mass is 594 g/mol. The maximum absolute atomic E-state index is 14.0. The molecule has 9 nitrogen and oxygen atoms in total. The quantitative estimate of drug-likeness (QED) is 0.267. The SMILES string of the molecule is Cc1cc2c(Oc3ccc4c(c3)[C@H](C)N(C(=O)Nc3cnc(OC5CCN(C)CC5)c(C(F)(F)F)c3)CC4)ccnc2[nH]1. The van der Waals surface area contributed by atoms with Gasteiger partial charge in [0.05, 0.1) is 23.3 Å². The zero-order chi connectivity index (χ0) is 30.3. The molecule has 4 aromatic rings. The number of rotatable bonds is 5. The number of hydrogen-bond acceptors (Lipinski definition) is 6. The van der Waals surface area contributed by atoms with E-state index in [-0.39, 0.29) is 17.8 Å². The first-order valence-electron chi connectivity index (χ1n) is 14.3. The Morgan fingerprint density at radius 2 is 1.88 bits per heavy atom. The van der Waals surface area contributed by atoms with Gasteiger partial charge in [-0.1, -0.05) is 6.07 Å². The van der Waals surface area contributed by atoms with E-state index in [0.717, 1.165) is 47.0 Å². The molecule has 0 aliphatic carbocycles. The summed E-state index contributed by atoms with van der Waals surface area (Å²) in [6.45, 7) is 5.73. The minimum atomic E-state index is -4.69. The Kier molecular flexibility index (Phi) is 7.63.